The number of aliphatic hydroxyl groups is 1. The SMILES string of the molecule is C[N+](C)(C)CC(O)C1(C(=O)O)C(=O)C=CC1=O. The van der Waals surface area contributed by atoms with E-state index in [9.17, 15) is 19.5 Å². The van der Waals surface area contributed by atoms with E-state index in [1.807, 2.05) is 0 Å². The fraction of sp³-hybridized carbons (Fsp3) is 0.545. The Morgan fingerprint density at radius 1 is 1.29 bits per heavy atom. The van der Waals surface area contributed by atoms with Crippen LogP contribution in [0.5, 0.6) is 0 Å². The quantitative estimate of drug-likeness (QED) is 0.479. The van der Waals surface area contributed by atoms with Gasteiger partial charge in [0.05, 0.1) is 21.1 Å². The summed E-state index contributed by atoms with van der Waals surface area (Å²) in [5.74, 6) is -3.33. The van der Waals surface area contributed by atoms with Gasteiger partial charge in [0.1, 0.15) is 12.6 Å². The van der Waals surface area contributed by atoms with Crippen LogP contribution in [0.3, 0.4) is 0 Å². The van der Waals surface area contributed by atoms with Crippen LogP contribution in [0.15, 0.2) is 12.2 Å². The molecule has 0 aliphatic heterocycles. The molecule has 1 aliphatic carbocycles. The lowest BCUT2D eigenvalue weighted by Crippen LogP contribution is -2.57. The van der Waals surface area contributed by atoms with E-state index < -0.39 is 29.1 Å². The first kappa shape index (κ1) is 13.5. The number of carboxylic acids is 1. The summed E-state index contributed by atoms with van der Waals surface area (Å²) in [6.07, 6.45) is 0.278. The molecule has 1 unspecified atom stereocenters. The monoisotopic (exact) mass is 242 g/mol. The number of likely N-dealkylation sites (N-methyl/N-ethyl adjacent to an activating group) is 1. The largest absolute Gasteiger partial charge is 0.480 e. The van der Waals surface area contributed by atoms with Crippen LogP contribution in [0.25, 0.3) is 0 Å². The molecule has 6 nitrogen and oxygen atoms in total. The molecule has 94 valence electrons. The predicted molar refractivity (Wildman–Crippen MR) is 58.1 cm³/mol. The van der Waals surface area contributed by atoms with Gasteiger partial charge in [-0.3, -0.25) is 14.4 Å². The lowest BCUT2D eigenvalue weighted by Gasteiger charge is -2.32. The standard InChI is InChI=1S/C11H15NO5/c1-12(2,3)6-9(15)11(10(16)17)7(13)4-5-8(11)14/h4-5,9,15H,6H2,1-3H3/p+1. The first-order chi connectivity index (χ1) is 7.62. The van der Waals surface area contributed by atoms with Gasteiger partial charge in [0.25, 0.3) is 0 Å². The fourth-order valence-corrected chi connectivity index (χ4v) is 1.87. The van der Waals surface area contributed by atoms with Gasteiger partial charge in [0.2, 0.25) is 5.41 Å². The third-order valence-electron chi connectivity index (χ3n) is 2.72. The Balaban J connectivity index is 3.15. The molecular weight excluding hydrogens is 226 g/mol. The van der Waals surface area contributed by atoms with Gasteiger partial charge in [-0.05, 0) is 12.2 Å². The van der Waals surface area contributed by atoms with Crippen molar-refractivity contribution in [3.05, 3.63) is 12.2 Å². The molecule has 0 heterocycles. The van der Waals surface area contributed by atoms with Crippen molar-refractivity contribution >= 4 is 17.5 Å². The number of nitrogens with zero attached hydrogens (tertiary/aromatic N) is 1. The summed E-state index contributed by atoms with van der Waals surface area (Å²) in [4.78, 5) is 34.5. The van der Waals surface area contributed by atoms with Crippen LogP contribution in [-0.4, -0.2) is 66.0 Å². The number of quaternary nitrogens is 1. The Kier molecular flexibility index (Phi) is 3.22. The van der Waals surface area contributed by atoms with Crippen LogP contribution in [0.2, 0.25) is 0 Å². The molecule has 17 heavy (non-hydrogen) atoms. The minimum absolute atomic E-state index is 0.00847. The maximum atomic E-state index is 11.6. The number of aliphatic carboxylic acids is 1. The summed E-state index contributed by atoms with van der Waals surface area (Å²) in [7, 11) is 5.20. The van der Waals surface area contributed by atoms with Crippen LogP contribution < -0.4 is 0 Å². The number of rotatable bonds is 4. The minimum atomic E-state index is -2.36. The van der Waals surface area contributed by atoms with Crippen LogP contribution in [-0.2, 0) is 14.4 Å². The number of carbonyl (C=O) groups excluding carboxylic acids is 2. The van der Waals surface area contributed by atoms with Crippen molar-refractivity contribution in [3.8, 4) is 0 Å². The zero-order valence-electron chi connectivity index (χ0n) is 10.0. The average molecular weight is 242 g/mol. The molecule has 1 atom stereocenters. The van der Waals surface area contributed by atoms with Crippen LogP contribution in [0.4, 0.5) is 0 Å². The van der Waals surface area contributed by atoms with Crippen molar-refractivity contribution < 1.29 is 29.1 Å². The summed E-state index contributed by atoms with van der Waals surface area (Å²) in [6, 6.07) is 0. The molecule has 0 saturated carbocycles. The van der Waals surface area contributed by atoms with E-state index >= 15 is 0 Å². The Morgan fingerprint density at radius 3 is 2.00 bits per heavy atom. The third kappa shape index (κ3) is 2.13. The highest BCUT2D eigenvalue weighted by molar-refractivity contribution is 6.33. The lowest BCUT2D eigenvalue weighted by molar-refractivity contribution is -0.874. The molecule has 0 saturated heterocycles. The van der Waals surface area contributed by atoms with Gasteiger partial charge in [-0.15, -0.1) is 0 Å². The Bertz CT molecular complexity index is 387. The molecule has 0 aromatic heterocycles. The maximum Gasteiger partial charge on any atom is 0.328 e. The van der Waals surface area contributed by atoms with Gasteiger partial charge in [0.15, 0.2) is 11.6 Å². The third-order valence-corrected chi connectivity index (χ3v) is 2.72. The number of aliphatic hydroxyl groups excluding tert-OH is 1. The van der Waals surface area contributed by atoms with Crippen molar-refractivity contribution in [2.45, 2.75) is 6.10 Å². The summed E-state index contributed by atoms with van der Waals surface area (Å²) >= 11 is 0. The molecule has 0 aromatic carbocycles. The molecule has 1 aliphatic rings. The zero-order chi connectivity index (χ0) is 13.4. The molecular formula is C11H16NO5+. The Morgan fingerprint density at radius 2 is 1.71 bits per heavy atom. The smallest absolute Gasteiger partial charge is 0.328 e. The summed E-state index contributed by atoms with van der Waals surface area (Å²) in [5.41, 5.74) is -2.36. The van der Waals surface area contributed by atoms with Crippen molar-refractivity contribution in [1.29, 1.82) is 0 Å². The van der Waals surface area contributed by atoms with E-state index in [-0.39, 0.29) is 11.0 Å². The summed E-state index contributed by atoms with van der Waals surface area (Å²) < 4.78 is 0.247. The van der Waals surface area contributed by atoms with Crippen molar-refractivity contribution in [3.63, 3.8) is 0 Å². The minimum Gasteiger partial charge on any atom is -0.480 e. The first-order valence-corrected chi connectivity index (χ1v) is 5.11. The van der Waals surface area contributed by atoms with Crippen LogP contribution >= 0.6 is 0 Å². The first-order valence-electron chi connectivity index (χ1n) is 5.11. The molecule has 0 radical (unpaired) electrons. The molecule has 0 spiro atoms. The second-order valence-electron chi connectivity index (χ2n) is 5.16. The molecule has 0 bridgehead atoms. The molecule has 0 fully saturated rings. The predicted octanol–water partition coefficient (Wildman–Crippen LogP) is -1.17. The van der Waals surface area contributed by atoms with Gasteiger partial charge in [-0.1, -0.05) is 0 Å². The number of carboxylic acid groups (broad SMARTS) is 1. The lowest BCUT2D eigenvalue weighted by atomic mass is 9.77. The summed E-state index contributed by atoms with van der Waals surface area (Å²) in [5, 5.41) is 19.1. The van der Waals surface area contributed by atoms with Gasteiger partial charge in [-0.25, -0.2) is 0 Å². The number of hydrogen-bond donors (Lipinski definition) is 2. The highest BCUT2D eigenvalue weighted by Crippen LogP contribution is 2.32. The van der Waals surface area contributed by atoms with E-state index in [0.29, 0.717) is 0 Å². The van der Waals surface area contributed by atoms with Gasteiger partial charge < -0.3 is 14.7 Å². The fourth-order valence-electron chi connectivity index (χ4n) is 1.87. The van der Waals surface area contributed by atoms with Crippen molar-refractivity contribution in [2.24, 2.45) is 5.41 Å². The second-order valence-corrected chi connectivity index (χ2v) is 5.16. The van der Waals surface area contributed by atoms with Crippen molar-refractivity contribution in [1.82, 2.24) is 0 Å². The van der Waals surface area contributed by atoms with E-state index in [4.69, 9.17) is 5.11 Å². The van der Waals surface area contributed by atoms with Gasteiger partial charge >= 0.3 is 5.97 Å². The Labute approximate surface area is 98.7 Å². The maximum absolute atomic E-state index is 11.6. The number of allylic oxidation sites excluding steroid dienone is 2. The molecule has 0 amide bonds. The highest BCUT2D eigenvalue weighted by Gasteiger charge is 2.60. The molecule has 0 aromatic rings. The van der Waals surface area contributed by atoms with E-state index in [1.165, 1.54) is 0 Å². The topological polar surface area (TPSA) is 91.7 Å². The average Bonchev–Trinajstić information content (AvgIpc) is 2.40. The van der Waals surface area contributed by atoms with E-state index in [0.717, 1.165) is 12.2 Å². The molecule has 1 rings (SSSR count). The van der Waals surface area contributed by atoms with Gasteiger partial charge in [-0.2, -0.15) is 0 Å². The Hall–Kier alpha value is -1.53. The van der Waals surface area contributed by atoms with E-state index in [1.54, 1.807) is 21.1 Å². The van der Waals surface area contributed by atoms with Crippen LogP contribution in [0, 0.1) is 5.41 Å². The molecule has 6 heteroatoms. The van der Waals surface area contributed by atoms with E-state index in [2.05, 4.69) is 0 Å². The number of ketones is 2. The zero-order valence-corrected chi connectivity index (χ0v) is 10.0. The van der Waals surface area contributed by atoms with Gasteiger partial charge in [0, 0.05) is 0 Å². The highest BCUT2D eigenvalue weighted by atomic mass is 16.4. The van der Waals surface area contributed by atoms with Crippen molar-refractivity contribution in [2.75, 3.05) is 27.7 Å². The number of carbonyl (C=O) groups is 3. The molecule has 2 N–H and O–H groups in total. The normalized spacial score (nSPS) is 20.7. The second kappa shape index (κ2) is 4.05. The number of hydrogen-bond acceptors (Lipinski definition) is 4. The summed E-state index contributed by atoms with van der Waals surface area (Å²) in [6.45, 7) is -0.00847. The van der Waals surface area contributed by atoms with Crippen LogP contribution in [0.1, 0.15) is 0 Å².